The van der Waals surface area contributed by atoms with Crippen molar-refractivity contribution in [3.8, 4) is 10.4 Å². The van der Waals surface area contributed by atoms with Crippen LogP contribution in [-0.2, 0) is 10.0 Å². The first-order valence-electron chi connectivity index (χ1n) is 7.83. The van der Waals surface area contributed by atoms with Crippen LogP contribution in [-0.4, -0.2) is 21.1 Å². The first kappa shape index (κ1) is 18.9. The predicted octanol–water partition coefficient (Wildman–Crippen LogP) is 5.11. The van der Waals surface area contributed by atoms with E-state index in [-0.39, 0.29) is 4.90 Å². The predicted molar refractivity (Wildman–Crippen MR) is 97.9 cm³/mol. The molecule has 0 saturated heterocycles. The smallest absolute Gasteiger partial charge is 0.211 e. The van der Waals surface area contributed by atoms with E-state index < -0.39 is 29.2 Å². The van der Waals surface area contributed by atoms with Crippen LogP contribution in [0.25, 0.3) is 20.5 Å². The van der Waals surface area contributed by atoms with Gasteiger partial charge in [-0.05, 0) is 30.0 Å². The van der Waals surface area contributed by atoms with Gasteiger partial charge in [0.1, 0.15) is 0 Å². The lowest BCUT2D eigenvalue weighted by Crippen LogP contribution is -2.28. The van der Waals surface area contributed by atoms with Gasteiger partial charge in [-0.15, -0.1) is 11.3 Å². The van der Waals surface area contributed by atoms with Gasteiger partial charge >= 0.3 is 6.18 Å². The molecule has 1 aromatic heterocycles. The van der Waals surface area contributed by atoms with Crippen LogP contribution in [0.3, 0.4) is 0 Å². The third-order valence-corrected chi connectivity index (χ3v) is 6.79. The van der Waals surface area contributed by atoms with Crippen LogP contribution in [0.1, 0.15) is 12.0 Å². The average Bonchev–Trinajstić information content (AvgIpc) is 2.91. The lowest BCUT2D eigenvalue weighted by molar-refractivity contribution is -0.132. The van der Waals surface area contributed by atoms with Crippen molar-refractivity contribution in [2.24, 2.45) is 0 Å². The molecule has 138 valence electrons. The van der Waals surface area contributed by atoms with E-state index in [1.54, 1.807) is 18.2 Å². The van der Waals surface area contributed by atoms with Crippen LogP contribution >= 0.6 is 11.3 Å². The van der Waals surface area contributed by atoms with Crippen molar-refractivity contribution in [2.45, 2.75) is 24.4 Å². The summed E-state index contributed by atoms with van der Waals surface area (Å²) in [5.41, 5.74) is 1.44. The van der Waals surface area contributed by atoms with Gasteiger partial charge in [-0.3, -0.25) is 0 Å². The van der Waals surface area contributed by atoms with Gasteiger partial charge in [-0.25, -0.2) is 13.1 Å². The zero-order valence-corrected chi connectivity index (χ0v) is 15.4. The molecule has 0 unspecified atom stereocenters. The van der Waals surface area contributed by atoms with Gasteiger partial charge in [0.05, 0.1) is 11.3 Å². The number of hydrogen-bond donors (Lipinski definition) is 1. The summed E-state index contributed by atoms with van der Waals surface area (Å²) in [5.74, 6) is 0. The number of alkyl halides is 3. The second-order valence-corrected chi connectivity index (χ2v) is 8.60. The molecular weight excluding hydrogens is 383 g/mol. The molecule has 0 atom stereocenters. The number of fused-ring (bicyclic) bond motifs is 1. The minimum absolute atomic E-state index is 0.0168. The van der Waals surface area contributed by atoms with Gasteiger partial charge in [0.15, 0.2) is 0 Å². The Morgan fingerprint density at radius 2 is 1.69 bits per heavy atom. The second-order valence-electron chi connectivity index (χ2n) is 5.81. The molecule has 0 bridgehead atoms. The van der Waals surface area contributed by atoms with Crippen molar-refractivity contribution in [1.82, 2.24) is 4.72 Å². The van der Waals surface area contributed by atoms with Crippen molar-refractivity contribution in [3.63, 3.8) is 0 Å². The molecule has 2 aromatic carbocycles. The molecule has 26 heavy (non-hydrogen) atoms. The number of rotatable bonds is 5. The van der Waals surface area contributed by atoms with E-state index in [4.69, 9.17) is 0 Å². The Morgan fingerprint density at radius 3 is 2.38 bits per heavy atom. The fourth-order valence-corrected chi connectivity index (χ4v) is 5.28. The molecule has 0 spiro atoms. The summed E-state index contributed by atoms with van der Waals surface area (Å²) in [6, 6.07) is 14.1. The van der Waals surface area contributed by atoms with E-state index in [0.717, 1.165) is 20.5 Å². The lowest BCUT2D eigenvalue weighted by Gasteiger charge is -2.12. The third-order valence-electron chi connectivity index (χ3n) is 3.97. The largest absolute Gasteiger partial charge is 0.390 e. The highest BCUT2D eigenvalue weighted by molar-refractivity contribution is 7.89. The molecule has 0 aliphatic rings. The van der Waals surface area contributed by atoms with Crippen molar-refractivity contribution < 1.29 is 21.6 Å². The van der Waals surface area contributed by atoms with E-state index >= 15 is 0 Å². The number of thiophene rings is 1. The average molecular weight is 399 g/mol. The van der Waals surface area contributed by atoms with Crippen molar-refractivity contribution in [2.75, 3.05) is 6.54 Å². The van der Waals surface area contributed by atoms with Crippen molar-refractivity contribution in [3.05, 3.63) is 54.1 Å². The van der Waals surface area contributed by atoms with E-state index in [9.17, 15) is 21.6 Å². The molecule has 0 aliphatic carbocycles. The quantitative estimate of drug-likeness (QED) is 0.648. The van der Waals surface area contributed by atoms with Crippen LogP contribution in [0.4, 0.5) is 13.2 Å². The highest BCUT2D eigenvalue weighted by Crippen LogP contribution is 2.40. The number of sulfonamides is 1. The normalized spacial score (nSPS) is 12.6. The summed E-state index contributed by atoms with van der Waals surface area (Å²) >= 11 is 1.46. The van der Waals surface area contributed by atoms with E-state index in [0.29, 0.717) is 5.56 Å². The standard InChI is InChI=1S/C18H16F3NO2S2/c1-12-13-6-2-4-8-15(13)25-17(12)14-7-3-5-9-16(14)26(23,24)22-11-10-18(19,20)21/h2-9,22H,10-11H2,1H3. The molecule has 0 fully saturated rings. The first-order chi connectivity index (χ1) is 12.2. The molecule has 8 heteroatoms. The van der Waals surface area contributed by atoms with Gasteiger partial charge < -0.3 is 0 Å². The molecule has 0 saturated carbocycles. The van der Waals surface area contributed by atoms with E-state index in [1.165, 1.54) is 17.4 Å². The van der Waals surface area contributed by atoms with Crippen LogP contribution in [0.5, 0.6) is 0 Å². The maximum Gasteiger partial charge on any atom is 0.390 e. The number of nitrogens with one attached hydrogen (secondary N) is 1. The van der Waals surface area contributed by atoms with Gasteiger partial charge in [0, 0.05) is 21.7 Å². The third kappa shape index (κ3) is 3.92. The Hall–Kier alpha value is -1.90. The van der Waals surface area contributed by atoms with Gasteiger partial charge in [0.2, 0.25) is 10.0 Å². The molecule has 0 radical (unpaired) electrons. The number of hydrogen-bond acceptors (Lipinski definition) is 3. The minimum Gasteiger partial charge on any atom is -0.211 e. The summed E-state index contributed by atoms with van der Waals surface area (Å²) in [4.78, 5) is 0.778. The van der Waals surface area contributed by atoms with E-state index in [2.05, 4.69) is 4.72 Å². The number of aryl methyl sites for hydroxylation is 1. The Kier molecular flexibility index (Phi) is 5.09. The molecule has 0 amide bonds. The topological polar surface area (TPSA) is 46.2 Å². The Balaban J connectivity index is 2.01. The first-order valence-corrected chi connectivity index (χ1v) is 10.1. The highest BCUT2D eigenvalue weighted by atomic mass is 32.2. The summed E-state index contributed by atoms with van der Waals surface area (Å²) in [7, 11) is -4.06. The summed E-state index contributed by atoms with van der Waals surface area (Å²) in [5, 5.41) is 1.03. The summed E-state index contributed by atoms with van der Waals surface area (Å²) in [6.45, 7) is 1.22. The maximum atomic E-state index is 12.6. The summed E-state index contributed by atoms with van der Waals surface area (Å²) in [6.07, 6.45) is -5.62. The molecule has 3 rings (SSSR count). The van der Waals surface area contributed by atoms with Gasteiger partial charge in [-0.1, -0.05) is 36.4 Å². The fraction of sp³-hybridized carbons (Fsp3) is 0.222. The Bertz CT molecular complexity index is 1040. The molecule has 3 nitrogen and oxygen atoms in total. The summed E-state index contributed by atoms with van der Waals surface area (Å²) < 4.78 is 65.2. The SMILES string of the molecule is Cc1c(-c2ccccc2S(=O)(=O)NCCC(F)(F)F)sc2ccccc12. The molecular formula is C18H16F3NO2S2. The Morgan fingerprint density at radius 1 is 1.04 bits per heavy atom. The maximum absolute atomic E-state index is 12.6. The molecule has 1 heterocycles. The Labute approximate surface area is 153 Å². The van der Waals surface area contributed by atoms with Crippen LogP contribution in [0.2, 0.25) is 0 Å². The lowest BCUT2D eigenvalue weighted by atomic mass is 10.1. The second kappa shape index (κ2) is 7.02. The van der Waals surface area contributed by atoms with Crippen molar-refractivity contribution in [1.29, 1.82) is 0 Å². The molecule has 0 aliphatic heterocycles. The van der Waals surface area contributed by atoms with Gasteiger partial charge in [-0.2, -0.15) is 13.2 Å². The highest BCUT2D eigenvalue weighted by Gasteiger charge is 2.28. The number of benzene rings is 2. The monoisotopic (exact) mass is 399 g/mol. The van der Waals surface area contributed by atoms with Crippen LogP contribution < -0.4 is 4.72 Å². The van der Waals surface area contributed by atoms with Crippen molar-refractivity contribution >= 4 is 31.4 Å². The fourth-order valence-electron chi connectivity index (χ4n) is 2.72. The van der Waals surface area contributed by atoms with Gasteiger partial charge in [0.25, 0.3) is 0 Å². The zero-order valence-electron chi connectivity index (χ0n) is 13.8. The molecule has 3 aromatic rings. The zero-order chi connectivity index (χ0) is 18.9. The minimum atomic E-state index is -4.41. The van der Waals surface area contributed by atoms with E-state index in [1.807, 2.05) is 31.2 Å². The number of halogens is 3. The van der Waals surface area contributed by atoms with Crippen LogP contribution in [0, 0.1) is 6.92 Å². The molecule has 1 N–H and O–H groups in total. The van der Waals surface area contributed by atoms with Crippen LogP contribution in [0.15, 0.2) is 53.4 Å².